The number of aromatic nitrogens is 4. The maximum atomic E-state index is 12.2. The van der Waals surface area contributed by atoms with Crippen LogP contribution in [0.1, 0.15) is 32.8 Å². The van der Waals surface area contributed by atoms with Gasteiger partial charge in [0.1, 0.15) is 17.4 Å². The van der Waals surface area contributed by atoms with Crippen molar-refractivity contribution < 1.29 is 14.3 Å². The summed E-state index contributed by atoms with van der Waals surface area (Å²) in [6.45, 7) is 8.43. The van der Waals surface area contributed by atoms with Crippen molar-refractivity contribution >= 4 is 6.09 Å². The standard InChI is InChI=1S/C17H23N5O4/c1-10-5-6-12(13-19-15(23)21-20-13)18-14(10)25-11-7-8-22(9-11)16(24)26-17(2,3)4/h5-6,11H,7-9H2,1-4H3,(H2,19,20,21,23). The lowest BCUT2D eigenvalue weighted by atomic mass is 10.2. The van der Waals surface area contributed by atoms with E-state index in [1.54, 1.807) is 11.0 Å². The van der Waals surface area contributed by atoms with Gasteiger partial charge in [-0.15, -0.1) is 0 Å². The molecule has 9 heteroatoms. The SMILES string of the molecule is Cc1ccc(-c2n[nH]c(=O)[nH]2)nc1OC1CCN(C(=O)OC(C)(C)C)C1. The zero-order valence-electron chi connectivity index (χ0n) is 15.3. The maximum absolute atomic E-state index is 12.2. The van der Waals surface area contributed by atoms with E-state index >= 15 is 0 Å². The number of ether oxygens (including phenoxy) is 2. The highest BCUT2D eigenvalue weighted by Crippen LogP contribution is 2.24. The monoisotopic (exact) mass is 361 g/mol. The number of pyridine rings is 1. The normalized spacial score (nSPS) is 17.4. The molecule has 2 aromatic rings. The van der Waals surface area contributed by atoms with Crippen molar-refractivity contribution in [1.82, 2.24) is 25.1 Å². The fraction of sp³-hybridized carbons (Fsp3) is 0.529. The van der Waals surface area contributed by atoms with Crippen LogP contribution in [0, 0.1) is 6.92 Å². The van der Waals surface area contributed by atoms with Crippen LogP contribution in [-0.2, 0) is 4.74 Å². The van der Waals surface area contributed by atoms with Crippen LogP contribution in [0.25, 0.3) is 11.5 Å². The molecule has 0 bridgehead atoms. The number of carbonyl (C=O) groups is 1. The highest BCUT2D eigenvalue weighted by molar-refractivity contribution is 5.68. The van der Waals surface area contributed by atoms with Gasteiger partial charge in [-0.3, -0.25) is 4.98 Å². The molecule has 1 amide bonds. The van der Waals surface area contributed by atoms with Crippen molar-refractivity contribution in [2.24, 2.45) is 0 Å². The first-order valence-corrected chi connectivity index (χ1v) is 8.48. The van der Waals surface area contributed by atoms with Gasteiger partial charge in [0.05, 0.1) is 6.54 Å². The number of carbonyl (C=O) groups excluding carboxylic acids is 1. The summed E-state index contributed by atoms with van der Waals surface area (Å²) >= 11 is 0. The Morgan fingerprint density at radius 1 is 1.35 bits per heavy atom. The van der Waals surface area contributed by atoms with Gasteiger partial charge in [-0.2, -0.15) is 5.10 Å². The summed E-state index contributed by atoms with van der Waals surface area (Å²) in [5.41, 5.74) is 0.449. The van der Waals surface area contributed by atoms with Crippen molar-refractivity contribution in [3.63, 3.8) is 0 Å². The molecule has 2 N–H and O–H groups in total. The zero-order chi connectivity index (χ0) is 18.9. The van der Waals surface area contributed by atoms with Gasteiger partial charge in [-0.25, -0.2) is 19.7 Å². The predicted octanol–water partition coefficient (Wildman–Crippen LogP) is 1.86. The Kier molecular flexibility index (Phi) is 4.71. The van der Waals surface area contributed by atoms with E-state index in [1.807, 2.05) is 33.8 Å². The summed E-state index contributed by atoms with van der Waals surface area (Å²) in [5.74, 6) is 0.809. The molecule has 3 heterocycles. The molecule has 0 aromatic carbocycles. The number of likely N-dealkylation sites (tertiary alicyclic amines) is 1. The molecule has 2 aromatic heterocycles. The number of hydrogen-bond acceptors (Lipinski definition) is 6. The molecule has 1 aliphatic rings. The van der Waals surface area contributed by atoms with Crippen LogP contribution in [0.2, 0.25) is 0 Å². The summed E-state index contributed by atoms with van der Waals surface area (Å²) in [6.07, 6.45) is 0.197. The number of rotatable bonds is 3. The Labute approximate surface area is 150 Å². The quantitative estimate of drug-likeness (QED) is 0.863. The molecule has 140 valence electrons. The third-order valence-electron chi connectivity index (χ3n) is 3.87. The average Bonchev–Trinajstić information content (AvgIpc) is 3.17. The fourth-order valence-electron chi connectivity index (χ4n) is 2.63. The van der Waals surface area contributed by atoms with Gasteiger partial charge in [-0.05, 0) is 33.8 Å². The lowest BCUT2D eigenvalue weighted by Gasteiger charge is -2.24. The molecule has 1 atom stereocenters. The van der Waals surface area contributed by atoms with Crippen molar-refractivity contribution in [3.8, 4) is 17.4 Å². The lowest BCUT2D eigenvalue weighted by Crippen LogP contribution is -2.36. The van der Waals surface area contributed by atoms with Gasteiger partial charge in [0.15, 0.2) is 5.82 Å². The van der Waals surface area contributed by atoms with Crippen molar-refractivity contribution in [2.75, 3.05) is 13.1 Å². The minimum absolute atomic E-state index is 0.165. The first-order chi connectivity index (χ1) is 12.2. The predicted molar refractivity (Wildman–Crippen MR) is 94.0 cm³/mol. The number of nitrogens with zero attached hydrogens (tertiary/aromatic N) is 3. The number of aromatic amines is 2. The van der Waals surface area contributed by atoms with E-state index < -0.39 is 11.3 Å². The Morgan fingerprint density at radius 3 is 2.77 bits per heavy atom. The number of nitrogens with one attached hydrogen (secondary N) is 2. The molecule has 9 nitrogen and oxygen atoms in total. The van der Waals surface area contributed by atoms with Crippen LogP contribution in [0.4, 0.5) is 4.79 Å². The highest BCUT2D eigenvalue weighted by atomic mass is 16.6. The first-order valence-electron chi connectivity index (χ1n) is 8.48. The Hall–Kier alpha value is -2.84. The van der Waals surface area contributed by atoms with E-state index in [0.717, 1.165) is 5.56 Å². The molecular weight excluding hydrogens is 338 g/mol. The summed E-state index contributed by atoms with van der Waals surface area (Å²) < 4.78 is 11.4. The van der Waals surface area contributed by atoms with Gasteiger partial charge >= 0.3 is 11.8 Å². The molecule has 3 rings (SSSR count). The fourth-order valence-corrected chi connectivity index (χ4v) is 2.63. The molecule has 0 radical (unpaired) electrons. The summed E-state index contributed by atoms with van der Waals surface area (Å²) in [4.78, 5) is 32.0. The average molecular weight is 361 g/mol. The third-order valence-corrected chi connectivity index (χ3v) is 3.87. The summed E-state index contributed by atoms with van der Waals surface area (Å²) in [7, 11) is 0. The van der Waals surface area contributed by atoms with Crippen LogP contribution < -0.4 is 10.4 Å². The molecular formula is C17H23N5O4. The molecule has 0 spiro atoms. The van der Waals surface area contributed by atoms with E-state index in [9.17, 15) is 9.59 Å². The number of aryl methyl sites for hydroxylation is 1. The van der Waals surface area contributed by atoms with E-state index in [-0.39, 0.29) is 12.2 Å². The number of amides is 1. The van der Waals surface area contributed by atoms with Gasteiger partial charge in [-0.1, -0.05) is 6.07 Å². The van der Waals surface area contributed by atoms with Crippen LogP contribution in [-0.4, -0.2) is 56.0 Å². The van der Waals surface area contributed by atoms with Gasteiger partial charge in [0.25, 0.3) is 0 Å². The molecule has 1 fully saturated rings. The van der Waals surface area contributed by atoms with Gasteiger partial charge in [0.2, 0.25) is 5.88 Å². The highest BCUT2D eigenvalue weighted by Gasteiger charge is 2.31. The minimum atomic E-state index is -0.525. The summed E-state index contributed by atoms with van der Waals surface area (Å²) in [6, 6.07) is 3.61. The number of hydrogen-bond donors (Lipinski definition) is 2. The smallest absolute Gasteiger partial charge is 0.410 e. The Balaban J connectivity index is 1.68. The lowest BCUT2D eigenvalue weighted by molar-refractivity contribution is 0.0275. The van der Waals surface area contributed by atoms with Crippen molar-refractivity contribution in [1.29, 1.82) is 0 Å². The van der Waals surface area contributed by atoms with E-state index in [4.69, 9.17) is 9.47 Å². The van der Waals surface area contributed by atoms with Crippen LogP contribution >= 0.6 is 0 Å². The summed E-state index contributed by atoms with van der Waals surface area (Å²) in [5, 5.41) is 6.19. The largest absolute Gasteiger partial charge is 0.472 e. The van der Waals surface area contributed by atoms with Gasteiger partial charge in [0, 0.05) is 18.5 Å². The van der Waals surface area contributed by atoms with E-state index in [2.05, 4.69) is 20.2 Å². The maximum Gasteiger partial charge on any atom is 0.410 e. The van der Waals surface area contributed by atoms with E-state index in [1.165, 1.54) is 0 Å². The second-order valence-corrected chi connectivity index (χ2v) is 7.30. The van der Waals surface area contributed by atoms with Crippen LogP contribution in [0.5, 0.6) is 5.88 Å². The molecule has 0 saturated carbocycles. The zero-order valence-corrected chi connectivity index (χ0v) is 15.3. The molecule has 1 unspecified atom stereocenters. The van der Waals surface area contributed by atoms with Crippen LogP contribution in [0.15, 0.2) is 16.9 Å². The second-order valence-electron chi connectivity index (χ2n) is 7.30. The van der Waals surface area contributed by atoms with Gasteiger partial charge < -0.3 is 14.4 Å². The van der Waals surface area contributed by atoms with Crippen molar-refractivity contribution in [3.05, 3.63) is 28.2 Å². The molecule has 1 aliphatic heterocycles. The minimum Gasteiger partial charge on any atom is -0.472 e. The first kappa shape index (κ1) is 18.0. The van der Waals surface area contributed by atoms with E-state index in [0.29, 0.717) is 36.9 Å². The number of H-pyrrole nitrogens is 2. The third kappa shape index (κ3) is 4.22. The second kappa shape index (κ2) is 6.81. The Morgan fingerprint density at radius 2 is 2.12 bits per heavy atom. The van der Waals surface area contributed by atoms with Crippen LogP contribution in [0.3, 0.4) is 0 Å². The molecule has 0 aliphatic carbocycles. The van der Waals surface area contributed by atoms with Crippen molar-refractivity contribution in [2.45, 2.75) is 45.8 Å². The molecule has 1 saturated heterocycles. The molecule has 26 heavy (non-hydrogen) atoms. The Bertz CT molecular complexity index is 851. The topological polar surface area (TPSA) is 113 Å².